The molecule has 6 aromatic rings. The van der Waals surface area contributed by atoms with E-state index in [4.69, 9.17) is 4.42 Å². The standard InChI is InChI=1S/C28H21N2OS/c1-18-15-16-22-23-14-9-17-29-27(23)31-25(22)24(18)30-19(2)26(20-10-5-3-6-11-20)32-28(30)21-12-7-4-8-13-21/h3-17H,1-2H3/q+1. The van der Waals surface area contributed by atoms with Crippen LogP contribution in [0.2, 0.25) is 0 Å². The second-order valence-electron chi connectivity index (χ2n) is 7.96. The van der Waals surface area contributed by atoms with Crippen molar-refractivity contribution in [1.29, 1.82) is 0 Å². The monoisotopic (exact) mass is 433 g/mol. The van der Waals surface area contributed by atoms with Crippen LogP contribution in [0.15, 0.2) is 95.5 Å². The van der Waals surface area contributed by atoms with E-state index in [1.165, 1.54) is 32.3 Å². The summed E-state index contributed by atoms with van der Waals surface area (Å²) in [5.41, 5.74) is 7.41. The number of benzene rings is 3. The lowest BCUT2D eigenvalue weighted by Gasteiger charge is -2.04. The topological polar surface area (TPSA) is 29.9 Å². The van der Waals surface area contributed by atoms with Gasteiger partial charge in [0.2, 0.25) is 17.0 Å². The zero-order chi connectivity index (χ0) is 21.7. The zero-order valence-corrected chi connectivity index (χ0v) is 18.7. The number of pyridine rings is 1. The van der Waals surface area contributed by atoms with E-state index < -0.39 is 0 Å². The molecule has 3 heterocycles. The molecule has 0 fully saturated rings. The van der Waals surface area contributed by atoms with E-state index in [1.54, 1.807) is 6.20 Å². The molecule has 32 heavy (non-hydrogen) atoms. The van der Waals surface area contributed by atoms with Crippen LogP contribution in [0.3, 0.4) is 0 Å². The lowest BCUT2D eigenvalue weighted by molar-refractivity contribution is -0.584. The number of aromatic nitrogens is 2. The number of aryl methyl sites for hydroxylation is 1. The maximum Gasteiger partial charge on any atom is 0.275 e. The summed E-state index contributed by atoms with van der Waals surface area (Å²) in [4.78, 5) is 5.72. The highest BCUT2D eigenvalue weighted by Gasteiger charge is 2.32. The molecule has 0 saturated heterocycles. The molecule has 0 aliphatic carbocycles. The van der Waals surface area contributed by atoms with Gasteiger partial charge in [0.05, 0.1) is 5.56 Å². The first-order chi connectivity index (χ1) is 15.7. The molecule has 0 aliphatic heterocycles. The molecular weight excluding hydrogens is 412 g/mol. The number of fused-ring (bicyclic) bond motifs is 3. The van der Waals surface area contributed by atoms with Gasteiger partial charge in [0.25, 0.3) is 10.7 Å². The number of furan rings is 1. The number of nitrogens with zero attached hydrogens (tertiary/aromatic N) is 2. The largest absolute Gasteiger partial charge is 0.431 e. The molecule has 0 N–H and O–H groups in total. The van der Waals surface area contributed by atoms with Crippen molar-refractivity contribution in [3.63, 3.8) is 0 Å². The van der Waals surface area contributed by atoms with Crippen LogP contribution in [0.25, 0.3) is 48.8 Å². The molecular formula is C28H21N2OS+. The van der Waals surface area contributed by atoms with Crippen LogP contribution < -0.4 is 4.57 Å². The summed E-state index contributed by atoms with van der Waals surface area (Å²) in [7, 11) is 0. The highest BCUT2D eigenvalue weighted by molar-refractivity contribution is 7.18. The fraction of sp³-hybridized carbons (Fsp3) is 0.0714. The third kappa shape index (κ3) is 2.88. The van der Waals surface area contributed by atoms with Crippen molar-refractivity contribution in [2.75, 3.05) is 0 Å². The van der Waals surface area contributed by atoms with Crippen molar-refractivity contribution in [1.82, 2.24) is 4.98 Å². The van der Waals surface area contributed by atoms with Crippen LogP contribution in [0.4, 0.5) is 0 Å². The molecule has 0 aliphatic rings. The molecule has 6 rings (SSSR count). The predicted octanol–water partition coefficient (Wildman–Crippen LogP) is 7.27. The third-order valence-electron chi connectivity index (χ3n) is 5.94. The van der Waals surface area contributed by atoms with Crippen LogP contribution in [0, 0.1) is 13.8 Å². The molecule has 0 radical (unpaired) electrons. The second kappa shape index (κ2) is 7.43. The molecule has 154 valence electrons. The van der Waals surface area contributed by atoms with Crippen LogP contribution in [0.5, 0.6) is 0 Å². The molecule has 0 atom stereocenters. The molecule has 3 aromatic carbocycles. The minimum absolute atomic E-state index is 0.673. The smallest absolute Gasteiger partial charge is 0.275 e. The lowest BCUT2D eigenvalue weighted by atomic mass is 10.1. The van der Waals surface area contributed by atoms with Crippen molar-refractivity contribution in [2.45, 2.75) is 13.8 Å². The van der Waals surface area contributed by atoms with Gasteiger partial charge >= 0.3 is 0 Å². The van der Waals surface area contributed by atoms with Gasteiger partial charge in [-0.25, -0.2) is 4.98 Å². The molecule has 0 unspecified atom stereocenters. The normalized spacial score (nSPS) is 11.4. The van der Waals surface area contributed by atoms with Crippen LogP contribution in [0.1, 0.15) is 11.3 Å². The van der Waals surface area contributed by atoms with Crippen molar-refractivity contribution in [3.8, 4) is 26.7 Å². The minimum atomic E-state index is 0.673. The number of hydrogen-bond donors (Lipinski definition) is 0. The number of thiazole rings is 1. The Hall–Kier alpha value is -3.76. The first-order valence-corrected chi connectivity index (χ1v) is 11.5. The number of rotatable bonds is 3. The Bertz CT molecular complexity index is 1580. The van der Waals surface area contributed by atoms with Crippen LogP contribution >= 0.6 is 11.3 Å². The van der Waals surface area contributed by atoms with Gasteiger partial charge in [-0.05, 0) is 42.8 Å². The van der Waals surface area contributed by atoms with Crippen molar-refractivity contribution in [2.24, 2.45) is 0 Å². The van der Waals surface area contributed by atoms with Crippen LogP contribution in [-0.2, 0) is 0 Å². The van der Waals surface area contributed by atoms with Crippen molar-refractivity contribution >= 4 is 33.4 Å². The first-order valence-electron chi connectivity index (χ1n) is 10.7. The summed E-state index contributed by atoms with van der Waals surface area (Å²) in [6, 6.07) is 29.6. The summed E-state index contributed by atoms with van der Waals surface area (Å²) < 4.78 is 8.72. The summed E-state index contributed by atoms with van der Waals surface area (Å²) in [6.07, 6.45) is 1.78. The average molecular weight is 434 g/mol. The molecule has 0 amide bonds. The highest BCUT2D eigenvalue weighted by Crippen LogP contribution is 2.38. The maximum absolute atomic E-state index is 6.35. The quantitative estimate of drug-likeness (QED) is 0.275. The predicted molar refractivity (Wildman–Crippen MR) is 131 cm³/mol. The Morgan fingerprint density at radius 3 is 2.22 bits per heavy atom. The molecule has 0 saturated carbocycles. The number of hydrogen-bond acceptors (Lipinski definition) is 3. The Morgan fingerprint density at radius 1 is 0.750 bits per heavy atom. The van der Waals surface area contributed by atoms with E-state index in [0.29, 0.717) is 5.71 Å². The molecule has 0 spiro atoms. The zero-order valence-electron chi connectivity index (χ0n) is 17.9. The van der Waals surface area contributed by atoms with Gasteiger partial charge in [-0.3, -0.25) is 0 Å². The van der Waals surface area contributed by atoms with Crippen molar-refractivity contribution in [3.05, 3.63) is 102 Å². The maximum atomic E-state index is 6.35. The van der Waals surface area contributed by atoms with Gasteiger partial charge in [-0.2, -0.15) is 0 Å². The Morgan fingerprint density at radius 2 is 1.47 bits per heavy atom. The molecule has 3 nitrogen and oxygen atoms in total. The Labute approximate surface area is 190 Å². The second-order valence-corrected chi connectivity index (χ2v) is 8.95. The van der Waals surface area contributed by atoms with Crippen molar-refractivity contribution < 1.29 is 8.98 Å². The van der Waals surface area contributed by atoms with Gasteiger partial charge < -0.3 is 4.42 Å². The lowest BCUT2D eigenvalue weighted by Crippen LogP contribution is -2.35. The van der Waals surface area contributed by atoms with E-state index >= 15 is 0 Å². The highest BCUT2D eigenvalue weighted by atomic mass is 32.1. The summed E-state index contributed by atoms with van der Waals surface area (Å²) in [6.45, 7) is 4.35. The van der Waals surface area contributed by atoms with Crippen LogP contribution in [-0.4, -0.2) is 4.98 Å². The first kappa shape index (κ1) is 19.0. The fourth-order valence-electron chi connectivity index (χ4n) is 4.40. The van der Waals surface area contributed by atoms with E-state index in [9.17, 15) is 0 Å². The van der Waals surface area contributed by atoms with Gasteiger partial charge in [0, 0.05) is 29.5 Å². The van der Waals surface area contributed by atoms with Gasteiger partial charge in [0.1, 0.15) is 4.88 Å². The Balaban J connectivity index is 1.73. The Kier molecular flexibility index (Phi) is 4.40. The average Bonchev–Trinajstić information content (AvgIpc) is 3.38. The summed E-state index contributed by atoms with van der Waals surface area (Å²) in [5, 5.41) is 3.32. The van der Waals surface area contributed by atoms with Gasteiger partial charge in [-0.1, -0.05) is 65.9 Å². The third-order valence-corrected chi connectivity index (χ3v) is 7.29. The molecule has 0 bridgehead atoms. The molecule has 3 aromatic heterocycles. The van der Waals surface area contributed by atoms with Gasteiger partial charge in [-0.15, -0.1) is 4.57 Å². The van der Waals surface area contributed by atoms with E-state index in [0.717, 1.165) is 22.0 Å². The summed E-state index contributed by atoms with van der Waals surface area (Å²) >= 11 is 1.82. The fourth-order valence-corrected chi connectivity index (χ4v) is 5.66. The van der Waals surface area contributed by atoms with E-state index in [1.807, 2.05) is 17.4 Å². The molecule has 4 heteroatoms. The van der Waals surface area contributed by atoms with E-state index in [-0.39, 0.29) is 0 Å². The minimum Gasteiger partial charge on any atom is -0.431 e. The summed E-state index contributed by atoms with van der Waals surface area (Å²) in [5.74, 6) is 0. The van der Waals surface area contributed by atoms with Gasteiger partial charge in [0.15, 0.2) is 0 Å². The SMILES string of the molecule is Cc1ccc2c(oc3ncccc32)c1-[n+]1c(-c2ccccc2)sc(-c2ccccc2)c1C. The van der Waals surface area contributed by atoms with E-state index in [2.05, 4.69) is 102 Å².